The number of fused-ring (bicyclic) bond motifs is 1. The predicted octanol–water partition coefficient (Wildman–Crippen LogP) is 3.61. The summed E-state index contributed by atoms with van der Waals surface area (Å²) in [5.74, 6) is 0. The van der Waals surface area contributed by atoms with Gasteiger partial charge in [0.05, 0.1) is 0 Å². The number of benzene rings is 4. The third kappa shape index (κ3) is 3.06. The van der Waals surface area contributed by atoms with Crippen molar-refractivity contribution in [2.75, 3.05) is 0 Å². The topological polar surface area (TPSA) is 12.9 Å². The maximum absolute atomic E-state index is 4.88. The van der Waals surface area contributed by atoms with Crippen LogP contribution in [0.3, 0.4) is 0 Å². The third-order valence-corrected chi connectivity index (χ3v) is 19.4. The van der Waals surface area contributed by atoms with E-state index in [1.54, 1.807) is 0 Å². The zero-order valence-corrected chi connectivity index (χ0v) is 18.9. The van der Waals surface area contributed by atoms with Crippen LogP contribution in [0.1, 0.15) is 0 Å². The number of para-hydroxylation sites is 1. The number of hydrogen-bond acceptors (Lipinski definition) is 1. The second-order valence-corrected chi connectivity index (χ2v) is 18.0. The molecule has 0 spiro atoms. The number of aromatic nitrogens is 1. The van der Waals surface area contributed by atoms with Gasteiger partial charge in [-0.2, -0.15) is 0 Å². The first-order chi connectivity index (χ1) is 14.4. The van der Waals surface area contributed by atoms with Crippen molar-refractivity contribution in [2.24, 2.45) is 0 Å². The van der Waals surface area contributed by atoms with Gasteiger partial charge in [-0.1, -0.05) is 0 Å². The first kappa shape index (κ1) is 18.1. The van der Waals surface area contributed by atoms with Crippen LogP contribution in [0.25, 0.3) is 10.9 Å². The molecule has 0 unspecified atom stereocenters. The van der Waals surface area contributed by atoms with E-state index in [9.17, 15) is 0 Å². The molecule has 0 N–H and O–H groups in total. The van der Waals surface area contributed by atoms with E-state index in [0.717, 1.165) is 5.52 Å². The average Bonchev–Trinajstić information content (AvgIpc) is 2.82. The van der Waals surface area contributed by atoms with Crippen molar-refractivity contribution in [3.05, 3.63) is 128 Å². The summed E-state index contributed by atoms with van der Waals surface area (Å²) in [4.78, 5) is 4.88. The minimum atomic E-state index is -3.58. The molecule has 29 heavy (non-hydrogen) atoms. The van der Waals surface area contributed by atoms with Gasteiger partial charge < -0.3 is 0 Å². The van der Waals surface area contributed by atoms with Gasteiger partial charge in [-0.15, -0.1) is 0 Å². The summed E-state index contributed by atoms with van der Waals surface area (Å²) in [7, 11) is 0. The quantitative estimate of drug-likeness (QED) is 0.360. The molecule has 1 aromatic heterocycles. The van der Waals surface area contributed by atoms with Crippen LogP contribution in [0.4, 0.5) is 0 Å². The predicted molar refractivity (Wildman–Crippen MR) is 125 cm³/mol. The molecule has 0 atom stereocenters. The van der Waals surface area contributed by atoms with E-state index in [-0.39, 0.29) is 0 Å². The van der Waals surface area contributed by atoms with Gasteiger partial charge in [0.2, 0.25) is 0 Å². The van der Waals surface area contributed by atoms with Gasteiger partial charge in [-0.05, 0) is 0 Å². The number of hydrogen-bond donors (Lipinski definition) is 0. The van der Waals surface area contributed by atoms with Crippen LogP contribution in [-0.2, 0) is 0 Å². The van der Waals surface area contributed by atoms with E-state index >= 15 is 0 Å². The van der Waals surface area contributed by atoms with E-state index in [1.165, 1.54) is 19.7 Å². The molecule has 2 heteroatoms. The fourth-order valence-corrected chi connectivity index (χ4v) is 18.5. The summed E-state index contributed by atoms with van der Waals surface area (Å²) < 4.78 is 5.73. The molecule has 0 saturated carbocycles. The molecule has 1 heterocycles. The van der Waals surface area contributed by atoms with Gasteiger partial charge in [-0.3, -0.25) is 0 Å². The van der Waals surface area contributed by atoms with Gasteiger partial charge in [0.25, 0.3) is 0 Å². The molecule has 5 rings (SSSR count). The Bertz CT molecular complexity index is 1130. The van der Waals surface area contributed by atoms with Gasteiger partial charge in [0.1, 0.15) is 0 Å². The molecule has 0 fully saturated rings. The molecule has 0 bridgehead atoms. The first-order valence-electron chi connectivity index (χ1n) is 9.91. The summed E-state index contributed by atoms with van der Waals surface area (Å²) in [6, 6.07) is 44.1. The Labute approximate surface area is 175 Å². The third-order valence-electron chi connectivity index (χ3n) is 5.66. The monoisotopic (exact) mass is 479 g/mol. The number of nitrogens with zero attached hydrogens (tertiary/aromatic N) is 1. The van der Waals surface area contributed by atoms with Crippen LogP contribution in [0.15, 0.2) is 128 Å². The molecule has 5 aromatic rings. The summed E-state index contributed by atoms with van der Waals surface area (Å²) in [6.45, 7) is 0. The first-order valence-corrected chi connectivity index (χ1v) is 15.6. The van der Waals surface area contributed by atoms with E-state index in [4.69, 9.17) is 4.98 Å². The van der Waals surface area contributed by atoms with Crippen molar-refractivity contribution < 1.29 is 0 Å². The van der Waals surface area contributed by atoms with E-state index < -0.39 is 18.4 Å². The van der Waals surface area contributed by atoms with Gasteiger partial charge in [-0.25, -0.2) is 0 Å². The second kappa shape index (κ2) is 7.84. The van der Waals surface area contributed by atoms with Crippen molar-refractivity contribution in [1.82, 2.24) is 4.98 Å². The zero-order valence-electron chi connectivity index (χ0n) is 16.1. The van der Waals surface area contributed by atoms with Crippen LogP contribution in [0.2, 0.25) is 0 Å². The van der Waals surface area contributed by atoms with Crippen molar-refractivity contribution in [2.45, 2.75) is 0 Å². The molecule has 0 aliphatic carbocycles. The molecule has 138 valence electrons. The minimum absolute atomic E-state index is 1.13. The second-order valence-electron chi connectivity index (χ2n) is 7.23. The Morgan fingerprint density at radius 2 is 0.931 bits per heavy atom. The molecule has 0 radical (unpaired) electrons. The van der Waals surface area contributed by atoms with Crippen molar-refractivity contribution in [3.8, 4) is 0 Å². The SMILES string of the molecule is c1cc[c]([Sn]([c]2ccccc2)([c]2ccccc2)[c]2cccc3cccnc23)cc1. The van der Waals surface area contributed by atoms with Crippen molar-refractivity contribution >= 4 is 43.6 Å². The summed E-state index contributed by atoms with van der Waals surface area (Å²) >= 11 is -3.58. The Kier molecular flexibility index (Phi) is 4.90. The molecule has 1 nitrogen and oxygen atoms in total. The Hall–Kier alpha value is -2.91. The number of pyridine rings is 1. The van der Waals surface area contributed by atoms with Gasteiger partial charge >= 0.3 is 176 Å². The Morgan fingerprint density at radius 3 is 1.45 bits per heavy atom. The summed E-state index contributed by atoms with van der Waals surface area (Å²) in [6.07, 6.45) is 1.92. The van der Waals surface area contributed by atoms with Crippen LogP contribution in [-0.4, -0.2) is 23.4 Å². The normalized spacial score (nSPS) is 11.4. The van der Waals surface area contributed by atoms with Crippen LogP contribution in [0, 0.1) is 0 Å². The van der Waals surface area contributed by atoms with Gasteiger partial charge in [0.15, 0.2) is 0 Å². The molecule has 0 saturated heterocycles. The standard InChI is InChI=1S/C9H6N.3C6H5.Sn/c1-2-6-9-8(4-1)5-3-7-10-9;3*1-2-4-6-5-3-1;/h1-5,7H;3*1-5H;. The Morgan fingerprint density at radius 1 is 0.448 bits per heavy atom. The molecular weight excluding hydrogens is 457 g/mol. The van der Waals surface area contributed by atoms with Crippen molar-refractivity contribution in [3.63, 3.8) is 0 Å². The molecule has 0 amide bonds. The molecular formula is C27H21NSn. The number of rotatable bonds is 4. The molecule has 0 aliphatic rings. The van der Waals surface area contributed by atoms with Crippen molar-refractivity contribution in [1.29, 1.82) is 0 Å². The summed E-state index contributed by atoms with van der Waals surface area (Å²) in [5.41, 5.74) is 1.13. The Balaban J connectivity index is 1.99. The maximum atomic E-state index is 4.88. The fraction of sp³-hybridized carbons (Fsp3) is 0. The fourth-order valence-electron chi connectivity index (χ4n) is 4.44. The summed E-state index contributed by atoms with van der Waals surface area (Å²) in [5, 5.41) is 1.20. The van der Waals surface area contributed by atoms with E-state index in [0.29, 0.717) is 0 Å². The van der Waals surface area contributed by atoms with Gasteiger partial charge in [0, 0.05) is 0 Å². The van der Waals surface area contributed by atoms with Crippen LogP contribution >= 0.6 is 0 Å². The average molecular weight is 478 g/mol. The van der Waals surface area contributed by atoms with Crippen LogP contribution < -0.4 is 14.3 Å². The van der Waals surface area contributed by atoms with Crippen LogP contribution in [0.5, 0.6) is 0 Å². The van der Waals surface area contributed by atoms with E-state index in [1.807, 2.05) is 12.3 Å². The molecule has 4 aromatic carbocycles. The molecule has 0 aliphatic heterocycles. The van der Waals surface area contributed by atoms with E-state index in [2.05, 4.69) is 115 Å². The zero-order chi connectivity index (χ0) is 19.5.